The van der Waals surface area contributed by atoms with E-state index in [0.717, 1.165) is 60.4 Å². The van der Waals surface area contributed by atoms with Crippen LogP contribution in [0, 0.1) is 0 Å². The maximum Gasteiger partial charge on any atom is 0.410 e. The first-order valence-electron chi connectivity index (χ1n) is 18.5. The molecule has 2 fully saturated rings. The molecule has 3 atom stereocenters. The Bertz CT molecular complexity index is 1640. The number of amides is 1. The van der Waals surface area contributed by atoms with E-state index in [4.69, 9.17) is 45.4 Å². The van der Waals surface area contributed by atoms with Crippen molar-refractivity contribution >= 4 is 45.3 Å². The first-order valence-corrected chi connectivity index (χ1v) is 26.3. The van der Waals surface area contributed by atoms with Crippen molar-refractivity contribution in [1.29, 1.82) is 0 Å². The lowest BCUT2D eigenvalue weighted by Crippen LogP contribution is -2.48. The van der Waals surface area contributed by atoms with Crippen LogP contribution in [0.25, 0.3) is 16.8 Å². The molecule has 15 heteroatoms. The summed E-state index contributed by atoms with van der Waals surface area (Å²) in [6, 6.07) is 6.31. The third-order valence-corrected chi connectivity index (χ3v) is 13.2. The van der Waals surface area contributed by atoms with Crippen LogP contribution in [-0.2, 0) is 18.9 Å². The molecular weight excluding hydrogens is 716 g/mol. The summed E-state index contributed by atoms with van der Waals surface area (Å²) in [6.07, 6.45) is 6.82. The van der Waals surface area contributed by atoms with Crippen LogP contribution in [0.15, 0.2) is 24.5 Å². The van der Waals surface area contributed by atoms with Gasteiger partial charge in [-0.15, -0.1) is 0 Å². The number of hydrogen-bond donors (Lipinski definition) is 0. The zero-order valence-corrected chi connectivity index (χ0v) is 35.6. The molecule has 1 amide bonds. The van der Waals surface area contributed by atoms with Gasteiger partial charge in [0.2, 0.25) is 0 Å². The van der Waals surface area contributed by atoms with Gasteiger partial charge >= 0.3 is 6.09 Å². The van der Waals surface area contributed by atoms with E-state index in [0.29, 0.717) is 38.1 Å². The highest BCUT2D eigenvalue weighted by atomic mass is 35.5. The molecule has 2 aliphatic heterocycles. The number of rotatable bonds is 16. The van der Waals surface area contributed by atoms with Crippen LogP contribution in [-0.4, -0.2) is 105 Å². The molecule has 0 aliphatic carbocycles. The summed E-state index contributed by atoms with van der Waals surface area (Å²) in [4.78, 5) is 27.1. The Morgan fingerprint density at radius 2 is 1.58 bits per heavy atom. The fourth-order valence-electron chi connectivity index (χ4n) is 6.71. The summed E-state index contributed by atoms with van der Waals surface area (Å²) in [6.45, 7) is 22.0. The molecule has 3 aromatic heterocycles. The molecular formula is C37H59ClN6O6Si2. The predicted octanol–water partition coefficient (Wildman–Crippen LogP) is 8.50. The first kappa shape index (κ1) is 40.4. The van der Waals surface area contributed by atoms with Crippen molar-refractivity contribution in [1.82, 2.24) is 24.5 Å². The quantitative estimate of drug-likeness (QED) is 0.0608. The predicted molar refractivity (Wildman–Crippen MR) is 211 cm³/mol. The van der Waals surface area contributed by atoms with E-state index in [1.807, 2.05) is 42.4 Å². The second-order valence-electron chi connectivity index (χ2n) is 17.6. The zero-order chi connectivity index (χ0) is 37.8. The maximum absolute atomic E-state index is 13.3. The summed E-state index contributed by atoms with van der Waals surface area (Å²) in [5.41, 5.74) is 2.66. The monoisotopic (exact) mass is 774 g/mol. The normalized spacial score (nSPS) is 19.4. The van der Waals surface area contributed by atoms with Crippen molar-refractivity contribution in [2.45, 2.75) is 121 Å². The Morgan fingerprint density at radius 3 is 2.13 bits per heavy atom. The highest BCUT2D eigenvalue weighted by Crippen LogP contribution is 2.44. The zero-order valence-electron chi connectivity index (χ0n) is 32.8. The average Bonchev–Trinajstić information content (AvgIpc) is 3.59. The topological polar surface area (TPSA) is 113 Å². The number of piperidine rings is 1. The molecule has 2 bridgehead atoms. The van der Waals surface area contributed by atoms with Crippen LogP contribution >= 0.6 is 11.6 Å². The van der Waals surface area contributed by atoms with Gasteiger partial charge in [0, 0.05) is 83.6 Å². The second kappa shape index (κ2) is 16.7. The number of nitrogens with zero attached hydrogens (tertiary/aromatic N) is 6. The first-order chi connectivity index (χ1) is 24.4. The molecule has 3 aromatic rings. The molecule has 52 heavy (non-hydrogen) atoms. The maximum atomic E-state index is 13.3. The molecule has 288 valence electrons. The number of carbonyl (C=O) groups is 1. The van der Waals surface area contributed by atoms with Crippen LogP contribution < -0.4 is 9.64 Å². The number of carbonyl (C=O) groups excluding carboxylic acids is 1. The lowest BCUT2D eigenvalue weighted by atomic mass is 9.88. The largest absolute Gasteiger partial charge is 0.464 e. The SMILES string of the molecule is COCOc1cc(-c2cnn3c(N(COCC[Si](C)(C)C)COCC[Si](C)(C)C)cc([C@H]4C[C@H]5CC[C@@H](C4)N5C(=O)OC(C)(C)C)nc23)cnc1Cl. The van der Waals surface area contributed by atoms with Gasteiger partial charge in [0.25, 0.3) is 0 Å². The van der Waals surface area contributed by atoms with Crippen LogP contribution in [0.5, 0.6) is 5.75 Å². The van der Waals surface area contributed by atoms with E-state index in [2.05, 4.69) is 55.2 Å². The number of halogens is 1. The van der Waals surface area contributed by atoms with Crippen molar-refractivity contribution in [3.8, 4) is 16.9 Å². The van der Waals surface area contributed by atoms with Gasteiger partial charge in [-0.1, -0.05) is 50.9 Å². The Labute approximate surface area is 316 Å². The Hall–Kier alpha value is -2.76. The van der Waals surface area contributed by atoms with E-state index in [1.54, 1.807) is 13.3 Å². The highest BCUT2D eigenvalue weighted by Gasteiger charge is 2.45. The van der Waals surface area contributed by atoms with Crippen LogP contribution in [0.4, 0.5) is 10.6 Å². The Balaban J connectivity index is 1.54. The lowest BCUT2D eigenvalue weighted by Gasteiger charge is -2.39. The summed E-state index contributed by atoms with van der Waals surface area (Å²) in [7, 11) is -1.02. The van der Waals surface area contributed by atoms with E-state index in [9.17, 15) is 4.79 Å². The molecule has 0 N–H and O–H groups in total. The molecule has 12 nitrogen and oxygen atoms in total. The second-order valence-corrected chi connectivity index (χ2v) is 29.2. The van der Waals surface area contributed by atoms with E-state index in [-0.39, 0.29) is 36.0 Å². The minimum atomic E-state index is -1.29. The number of methoxy groups -OCH3 is 1. The molecule has 5 heterocycles. The van der Waals surface area contributed by atoms with Gasteiger partial charge in [0.15, 0.2) is 23.3 Å². The summed E-state index contributed by atoms with van der Waals surface area (Å²) in [5, 5.41) is 5.13. The van der Waals surface area contributed by atoms with E-state index >= 15 is 0 Å². The molecule has 0 saturated carbocycles. The van der Waals surface area contributed by atoms with Crippen LogP contribution in [0.1, 0.15) is 58.1 Å². The molecule has 2 saturated heterocycles. The van der Waals surface area contributed by atoms with Gasteiger partial charge in [-0.05, 0) is 64.6 Å². The molecule has 0 radical (unpaired) electrons. The van der Waals surface area contributed by atoms with E-state index in [1.165, 1.54) is 0 Å². The van der Waals surface area contributed by atoms with Gasteiger partial charge in [0.1, 0.15) is 24.9 Å². The smallest absolute Gasteiger partial charge is 0.410 e. The molecule has 0 spiro atoms. The van der Waals surface area contributed by atoms with Gasteiger partial charge in [0.05, 0.1) is 6.20 Å². The number of fused-ring (bicyclic) bond motifs is 3. The standard InChI is InChI=1S/C37H59ClN6O6Si2/c1-37(2,3)50-36(45)43-28-11-12-29(43)18-26(17-28)31-20-33(42(23-47-13-15-51(5,6)7)24-48-14-16-52(8,9)10)44-35(41-31)30(22-40-44)27-19-32(49-25-46-4)34(38)39-21-27/h19-22,26,28-29H,11-18,23-25H2,1-10H3/t26-,28+,29-. The van der Waals surface area contributed by atoms with Crippen LogP contribution in [0.3, 0.4) is 0 Å². The number of aromatic nitrogens is 4. The molecule has 0 aromatic carbocycles. The summed E-state index contributed by atoms with van der Waals surface area (Å²) in [5.74, 6) is 1.39. The summed E-state index contributed by atoms with van der Waals surface area (Å²) < 4.78 is 31.3. The summed E-state index contributed by atoms with van der Waals surface area (Å²) >= 11 is 6.39. The number of pyridine rings is 1. The highest BCUT2D eigenvalue weighted by molar-refractivity contribution is 6.76. The van der Waals surface area contributed by atoms with Gasteiger partial charge in [-0.3, -0.25) is 0 Å². The fourth-order valence-corrected chi connectivity index (χ4v) is 8.38. The minimum absolute atomic E-state index is 0.0425. The third-order valence-electron chi connectivity index (χ3n) is 9.49. The van der Waals surface area contributed by atoms with Crippen molar-refractivity contribution in [3.05, 3.63) is 35.4 Å². The van der Waals surface area contributed by atoms with Crippen molar-refractivity contribution in [2.75, 3.05) is 45.5 Å². The van der Waals surface area contributed by atoms with Gasteiger partial charge in [-0.2, -0.15) is 9.61 Å². The number of hydrogen-bond acceptors (Lipinski definition) is 10. The van der Waals surface area contributed by atoms with Gasteiger partial charge < -0.3 is 33.5 Å². The fraction of sp³-hybridized carbons (Fsp3) is 0.676. The molecule has 0 unspecified atom stereocenters. The third kappa shape index (κ3) is 10.7. The Morgan fingerprint density at radius 1 is 0.962 bits per heavy atom. The molecule has 5 rings (SSSR count). The van der Waals surface area contributed by atoms with Crippen molar-refractivity contribution < 1.29 is 28.5 Å². The van der Waals surface area contributed by atoms with Gasteiger partial charge in [-0.25, -0.2) is 14.8 Å². The number of ether oxygens (including phenoxy) is 5. The van der Waals surface area contributed by atoms with Crippen molar-refractivity contribution in [3.63, 3.8) is 0 Å². The number of anilines is 1. The molecule has 2 aliphatic rings. The average molecular weight is 776 g/mol. The Kier molecular flexibility index (Phi) is 13.0. The lowest BCUT2D eigenvalue weighted by molar-refractivity contribution is 0.00568. The minimum Gasteiger partial charge on any atom is -0.464 e. The van der Waals surface area contributed by atoms with Crippen LogP contribution in [0.2, 0.25) is 56.5 Å². The van der Waals surface area contributed by atoms with E-state index < -0.39 is 21.7 Å². The van der Waals surface area contributed by atoms with Crippen molar-refractivity contribution in [2.24, 2.45) is 0 Å².